The van der Waals surface area contributed by atoms with Gasteiger partial charge in [0.15, 0.2) is 0 Å². The third kappa shape index (κ3) is 4.01. The summed E-state index contributed by atoms with van der Waals surface area (Å²) in [5.74, 6) is 0. The lowest BCUT2D eigenvalue weighted by Crippen LogP contribution is -2.43. The maximum atomic E-state index is 12.7. The van der Waals surface area contributed by atoms with Crippen LogP contribution >= 0.6 is 0 Å². The highest BCUT2D eigenvalue weighted by Gasteiger charge is 2.39. The first-order valence-corrected chi connectivity index (χ1v) is 6.22. The lowest BCUT2D eigenvalue weighted by molar-refractivity contribution is -0.155. The van der Waals surface area contributed by atoms with Gasteiger partial charge >= 0.3 is 6.18 Å². The molecule has 0 bridgehead atoms. The molecule has 0 saturated heterocycles. The van der Waals surface area contributed by atoms with Crippen molar-refractivity contribution in [3.8, 4) is 0 Å². The first-order chi connectivity index (χ1) is 8.38. The number of halogens is 3. The van der Waals surface area contributed by atoms with Gasteiger partial charge in [0.2, 0.25) is 0 Å². The number of hydrogen-bond donors (Lipinski definition) is 1. The lowest BCUT2D eigenvalue weighted by atomic mass is 10.1. The maximum Gasteiger partial charge on any atom is 0.404 e. The van der Waals surface area contributed by atoms with Crippen molar-refractivity contribution >= 4 is 0 Å². The second-order valence-electron chi connectivity index (χ2n) is 4.40. The molecule has 18 heavy (non-hydrogen) atoms. The molecule has 2 atom stereocenters. The molecule has 3 nitrogen and oxygen atoms in total. The van der Waals surface area contributed by atoms with Crippen molar-refractivity contribution in [3.05, 3.63) is 18.0 Å². The molecular formula is C12H20F3N3. The fraction of sp³-hybridized carbons (Fsp3) is 0.750. The Morgan fingerprint density at radius 2 is 2.06 bits per heavy atom. The van der Waals surface area contributed by atoms with Crippen LogP contribution in [0, 0.1) is 0 Å². The second-order valence-corrected chi connectivity index (χ2v) is 4.40. The van der Waals surface area contributed by atoms with E-state index in [2.05, 4.69) is 10.4 Å². The van der Waals surface area contributed by atoms with Crippen molar-refractivity contribution in [3.63, 3.8) is 0 Å². The molecule has 0 radical (unpaired) electrons. The van der Waals surface area contributed by atoms with Crippen LogP contribution in [-0.4, -0.2) is 28.5 Å². The van der Waals surface area contributed by atoms with Crippen LogP contribution in [0.25, 0.3) is 0 Å². The molecular weight excluding hydrogens is 243 g/mol. The normalized spacial score (nSPS) is 15.7. The predicted molar refractivity (Wildman–Crippen MR) is 64.5 cm³/mol. The van der Waals surface area contributed by atoms with E-state index in [0.717, 1.165) is 6.42 Å². The third-order valence-electron chi connectivity index (χ3n) is 2.96. The largest absolute Gasteiger partial charge is 0.404 e. The van der Waals surface area contributed by atoms with E-state index in [1.54, 1.807) is 23.9 Å². The van der Waals surface area contributed by atoms with Gasteiger partial charge in [-0.05, 0) is 26.0 Å². The summed E-state index contributed by atoms with van der Waals surface area (Å²) in [7, 11) is 0. The summed E-state index contributed by atoms with van der Waals surface area (Å²) in [5, 5.41) is 6.64. The van der Waals surface area contributed by atoms with E-state index in [1.807, 2.05) is 13.8 Å². The fourth-order valence-corrected chi connectivity index (χ4v) is 1.68. The summed E-state index contributed by atoms with van der Waals surface area (Å²) in [6.07, 6.45) is -1.73. The molecule has 1 aromatic heterocycles. The number of nitrogens with one attached hydrogen (secondary N) is 1. The second kappa shape index (κ2) is 6.22. The van der Waals surface area contributed by atoms with Gasteiger partial charge in [0.25, 0.3) is 0 Å². The van der Waals surface area contributed by atoms with Crippen LogP contribution in [0.1, 0.15) is 38.9 Å². The van der Waals surface area contributed by atoms with Crippen molar-refractivity contribution in [2.24, 2.45) is 0 Å². The van der Waals surface area contributed by atoms with Gasteiger partial charge in [0.05, 0.1) is 5.69 Å². The average molecular weight is 263 g/mol. The molecule has 1 rings (SSSR count). The van der Waals surface area contributed by atoms with Crippen molar-refractivity contribution < 1.29 is 13.2 Å². The quantitative estimate of drug-likeness (QED) is 0.855. The lowest BCUT2D eigenvalue weighted by Gasteiger charge is -2.20. The highest BCUT2D eigenvalue weighted by atomic mass is 19.4. The Kier molecular flexibility index (Phi) is 5.19. The van der Waals surface area contributed by atoms with Crippen LogP contribution in [0.15, 0.2) is 12.3 Å². The Hall–Kier alpha value is -1.04. The zero-order valence-corrected chi connectivity index (χ0v) is 11.0. The predicted octanol–water partition coefficient (Wildman–Crippen LogP) is 2.94. The van der Waals surface area contributed by atoms with Gasteiger partial charge in [-0.15, -0.1) is 0 Å². The van der Waals surface area contributed by atoms with E-state index in [9.17, 15) is 13.2 Å². The van der Waals surface area contributed by atoms with Crippen LogP contribution in [0.3, 0.4) is 0 Å². The topological polar surface area (TPSA) is 29.9 Å². The Morgan fingerprint density at radius 1 is 1.39 bits per heavy atom. The molecule has 0 aromatic carbocycles. The molecule has 0 saturated carbocycles. The highest BCUT2D eigenvalue weighted by molar-refractivity contribution is 5.03. The van der Waals surface area contributed by atoms with Crippen LogP contribution in [0.4, 0.5) is 13.2 Å². The summed E-state index contributed by atoms with van der Waals surface area (Å²) in [6, 6.07) is 0.340. The van der Waals surface area contributed by atoms with Crippen LogP contribution in [0.5, 0.6) is 0 Å². The van der Waals surface area contributed by atoms with E-state index in [-0.39, 0.29) is 19.0 Å². The van der Waals surface area contributed by atoms with Gasteiger partial charge in [0.1, 0.15) is 6.04 Å². The highest BCUT2D eigenvalue weighted by Crippen LogP contribution is 2.23. The Morgan fingerprint density at radius 3 is 2.56 bits per heavy atom. The van der Waals surface area contributed by atoms with Crippen LogP contribution in [-0.2, 0) is 6.42 Å². The monoisotopic (exact) mass is 263 g/mol. The molecule has 0 aliphatic heterocycles. The minimum absolute atomic E-state index is 0.124. The molecule has 2 unspecified atom stereocenters. The van der Waals surface area contributed by atoms with Gasteiger partial charge in [-0.3, -0.25) is 4.68 Å². The fourth-order valence-electron chi connectivity index (χ4n) is 1.68. The smallest absolute Gasteiger partial charge is 0.306 e. The first kappa shape index (κ1) is 15.0. The number of rotatable bonds is 6. The van der Waals surface area contributed by atoms with Crippen molar-refractivity contribution in [2.45, 2.75) is 51.9 Å². The zero-order valence-electron chi connectivity index (χ0n) is 11.0. The summed E-state index contributed by atoms with van der Waals surface area (Å²) in [6.45, 7) is 5.96. The first-order valence-electron chi connectivity index (χ1n) is 6.22. The van der Waals surface area contributed by atoms with E-state index in [0.29, 0.717) is 5.69 Å². The van der Waals surface area contributed by atoms with E-state index in [4.69, 9.17) is 0 Å². The average Bonchev–Trinajstić information content (AvgIpc) is 2.75. The van der Waals surface area contributed by atoms with Gasteiger partial charge < -0.3 is 5.32 Å². The summed E-state index contributed by atoms with van der Waals surface area (Å²) in [4.78, 5) is 0. The zero-order chi connectivity index (χ0) is 13.8. The molecule has 0 spiro atoms. The van der Waals surface area contributed by atoms with E-state index in [1.165, 1.54) is 0 Å². The van der Waals surface area contributed by atoms with E-state index >= 15 is 0 Å². The van der Waals surface area contributed by atoms with Crippen molar-refractivity contribution in [1.29, 1.82) is 0 Å². The molecule has 0 aliphatic carbocycles. The summed E-state index contributed by atoms with van der Waals surface area (Å²) < 4.78 is 39.9. The van der Waals surface area contributed by atoms with Gasteiger partial charge in [-0.25, -0.2) is 0 Å². The Balaban J connectivity index is 2.72. The van der Waals surface area contributed by atoms with Crippen LogP contribution < -0.4 is 5.32 Å². The minimum Gasteiger partial charge on any atom is -0.306 e. The molecule has 0 fully saturated rings. The number of nitrogens with zero attached hydrogens (tertiary/aromatic N) is 2. The summed E-state index contributed by atoms with van der Waals surface area (Å²) in [5.41, 5.74) is 0.471. The minimum atomic E-state index is -4.24. The third-order valence-corrected chi connectivity index (χ3v) is 2.96. The molecule has 0 aliphatic rings. The molecule has 1 N–H and O–H groups in total. The Bertz CT molecular complexity index is 360. The number of alkyl halides is 3. The van der Waals surface area contributed by atoms with Gasteiger partial charge in [-0.2, -0.15) is 18.3 Å². The molecule has 1 aromatic rings. The molecule has 6 heteroatoms. The molecule has 0 amide bonds. The van der Waals surface area contributed by atoms with E-state index < -0.39 is 12.2 Å². The van der Waals surface area contributed by atoms with Gasteiger partial charge in [-0.1, -0.05) is 13.8 Å². The Labute approximate surface area is 105 Å². The van der Waals surface area contributed by atoms with Crippen LogP contribution in [0.2, 0.25) is 0 Å². The van der Waals surface area contributed by atoms with Gasteiger partial charge in [0, 0.05) is 18.7 Å². The standard InChI is InChI=1S/C12H20F3N3/c1-4-9(3)18-7-6-10(17-18)8-11(16-5-2)12(13,14)15/h6-7,9,11,16H,4-5,8H2,1-3H3. The SMILES string of the molecule is CCNC(Cc1ccn(C(C)CC)n1)C(F)(F)F. The number of aromatic nitrogens is 2. The molecule has 104 valence electrons. The van der Waals surface area contributed by atoms with Crippen molar-refractivity contribution in [2.75, 3.05) is 6.54 Å². The number of likely N-dealkylation sites (N-methyl/N-ethyl adjacent to an activating group) is 1. The summed E-state index contributed by atoms with van der Waals surface area (Å²) >= 11 is 0. The maximum absolute atomic E-state index is 12.7. The van der Waals surface area contributed by atoms with Crippen molar-refractivity contribution in [1.82, 2.24) is 15.1 Å². The molecule has 1 heterocycles. The number of hydrogen-bond acceptors (Lipinski definition) is 2.